The highest BCUT2D eigenvalue weighted by Crippen LogP contribution is 2.31. The number of aromatic amines is 1. The molecule has 0 aliphatic carbocycles. The van der Waals surface area contributed by atoms with E-state index in [1.54, 1.807) is 0 Å². The van der Waals surface area contributed by atoms with Gasteiger partial charge in [-0.3, -0.25) is 19.6 Å². The smallest absolute Gasteiger partial charge is 0.357 e. The number of H-pyrrole nitrogens is 1. The van der Waals surface area contributed by atoms with Crippen molar-refractivity contribution in [1.29, 1.82) is 0 Å². The van der Waals surface area contributed by atoms with Crippen molar-refractivity contribution in [3.63, 3.8) is 0 Å². The minimum atomic E-state index is -0.540. The van der Waals surface area contributed by atoms with Crippen LogP contribution in [0.1, 0.15) is 35.6 Å². The molecule has 2 N–H and O–H groups in total. The first kappa shape index (κ1) is 21.0. The number of ether oxygens (including phenoxy) is 1. The van der Waals surface area contributed by atoms with E-state index in [1.807, 2.05) is 38.1 Å². The number of carbonyl (C=O) groups excluding carboxylic acids is 3. The molecule has 1 saturated heterocycles. The average Bonchev–Trinajstić information content (AvgIpc) is 3.43. The van der Waals surface area contributed by atoms with Crippen molar-refractivity contribution in [1.82, 2.24) is 15.2 Å². The molecule has 0 bridgehead atoms. The molecule has 0 unspecified atom stereocenters. The van der Waals surface area contributed by atoms with E-state index in [-0.39, 0.29) is 30.5 Å². The van der Waals surface area contributed by atoms with Crippen LogP contribution in [0.25, 0.3) is 10.9 Å². The molecular formula is C21H23N5O4S. The summed E-state index contributed by atoms with van der Waals surface area (Å²) < 4.78 is 4.81. The third-order valence-corrected chi connectivity index (χ3v) is 6.09. The SMILES string of the molecule is COC(=O)c1nc(NC(=O)[C@@H]2CC(=O)N(c3n[nH]c4ccccc34)C2)sc1CC(C)C. The molecule has 1 aliphatic heterocycles. The second-order valence-electron chi connectivity index (χ2n) is 7.87. The van der Waals surface area contributed by atoms with Crippen molar-refractivity contribution in [3.05, 3.63) is 34.8 Å². The zero-order valence-electron chi connectivity index (χ0n) is 17.5. The average molecular weight is 442 g/mol. The van der Waals surface area contributed by atoms with Crippen LogP contribution in [-0.2, 0) is 20.7 Å². The fourth-order valence-corrected chi connectivity index (χ4v) is 4.78. The van der Waals surface area contributed by atoms with Gasteiger partial charge in [0.1, 0.15) is 0 Å². The van der Waals surface area contributed by atoms with Crippen LogP contribution in [0.3, 0.4) is 0 Å². The first-order chi connectivity index (χ1) is 14.9. The highest BCUT2D eigenvalue weighted by molar-refractivity contribution is 7.16. The number of nitrogens with one attached hydrogen (secondary N) is 2. The van der Waals surface area contributed by atoms with Crippen molar-refractivity contribution < 1.29 is 19.1 Å². The molecule has 10 heteroatoms. The van der Waals surface area contributed by atoms with E-state index in [2.05, 4.69) is 20.5 Å². The van der Waals surface area contributed by atoms with Crippen molar-refractivity contribution in [3.8, 4) is 0 Å². The van der Waals surface area contributed by atoms with Gasteiger partial charge in [-0.1, -0.05) is 26.0 Å². The maximum Gasteiger partial charge on any atom is 0.357 e. The van der Waals surface area contributed by atoms with Crippen LogP contribution in [0.15, 0.2) is 24.3 Å². The first-order valence-electron chi connectivity index (χ1n) is 9.99. The highest BCUT2D eigenvalue weighted by Gasteiger charge is 2.37. The molecule has 0 spiro atoms. The van der Waals surface area contributed by atoms with Crippen molar-refractivity contribution >= 4 is 51.0 Å². The van der Waals surface area contributed by atoms with Crippen LogP contribution in [0.4, 0.5) is 10.9 Å². The predicted octanol–water partition coefficient (Wildman–Crippen LogP) is 3.00. The van der Waals surface area contributed by atoms with Gasteiger partial charge >= 0.3 is 5.97 Å². The molecule has 9 nitrogen and oxygen atoms in total. The molecule has 2 aromatic heterocycles. The molecule has 0 radical (unpaired) electrons. The molecule has 3 heterocycles. The minimum Gasteiger partial charge on any atom is -0.464 e. The maximum absolute atomic E-state index is 12.9. The standard InChI is InChI=1S/C21H23N5O4S/c1-11(2)8-15-17(20(29)30-3)22-21(31-15)23-19(28)12-9-16(27)26(10-12)18-13-6-4-5-7-14(13)24-25-18/h4-7,11-12H,8-10H2,1-3H3,(H,24,25)(H,22,23,28)/t12-/m1/s1. The lowest BCUT2D eigenvalue weighted by Crippen LogP contribution is -2.28. The van der Waals surface area contributed by atoms with Crippen molar-refractivity contribution in [2.24, 2.45) is 11.8 Å². The van der Waals surface area contributed by atoms with Crippen LogP contribution in [0.2, 0.25) is 0 Å². The number of fused-ring (bicyclic) bond motifs is 1. The van der Waals surface area contributed by atoms with Crippen LogP contribution in [0, 0.1) is 11.8 Å². The molecule has 1 aromatic carbocycles. The van der Waals surface area contributed by atoms with Crippen LogP contribution in [0.5, 0.6) is 0 Å². The van der Waals surface area contributed by atoms with E-state index < -0.39 is 11.9 Å². The number of esters is 1. The summed E-state index contributed by atoms with van der Waals surface area (Å²) in [4.78, 5) is 44.1. The number of hydrogen-bond donors (Lipinski definition) is 2. The Labute approximate surface area is 182 Å². The fraction of sp³-hybridized carbons (Fsp3) is 0.381. The summed E-state index contributed by atoms with van der Waals surface area (Å²) in [6.45, 7) is 4.31. The summed E-state index contributed by atoms with van der Waals surface area (Å²) >= 11 is 1.26. The Balaban J connectivity index is 1.50. The van der Waals surface area contributed by atoms with Gasteiger partial charge in [-0.2, -0.15) is 5.10 Å². The third-order valence-electron chi connectivity index (χ3n) is 5.10. The zero-order valence-corrected chi connectivity index (χ0v) is 18.3. The fourth-order valence-electron chi connectivity index (χ4n) is 3.62. The third kappa shape index (κ3) is 4.15. The number of anilines is 2. The Bertz CT molecular complexity index is 1150. The summed E-state index contributed by atoms with van der Waals surface area (Å²) in [5.41, 5.74) is 1.05. The van der Waals surface area contributed by atoms with E-state index in [0.717, 1.165) is 15.8 Å². The van der Waals surface area contributed by atoms with Gasteiger partial charge in [0, 0.05) is 23.2 Å². The van der Waals surface area contributed by atoms with Gasteiger partial charge in [-0.15, -0.1) is 11.3 Å². The molecule has 2 amide bonds. The monoisotopic (exact) mass is 441 g/mol. The lowest BCUT2D eigenvalue weighted by atomic mass is 10.1. The van der Waals surface area contributed by atoms with E-state index in [4.69, 9.17) is 4.74 Å². The molecule has 1 atom stereocenters. The van der Waals surface area contributed by atoms with Gasteiger partial charge in [-0.05, 0) is 24.5 Å². The molecule has 3 aromatic rings. The molecular weight excluding hydrogens is 418 g/mol. The van der Waals surface area contributed by atoms with E-state index in [0.29, 0.717) is 23.3 Å². The Morgan fingerprint density at radius 3 is 2.87 bits per heavy atom. The van der Waals surface area contributed by atoms with E-state index >= 15 is 0 Å². The molecule has 4 rings (SSSR count). The normalized spacial score (nSPS) is 16.3. The summed E-state index contributed by atoms with van der Waals surface area (Å²) in [6, 6.07) is 7.53. The van der Waals surface area contributed by atoms with Gasteiger partial charge in [0.2, 0.25) is 11.8 Å². The number of amides is 2. The lowest BCUT2D eigenvalue weighted by molar-refractivity contribution is -0.122. The Morgan fingerprint density at radius 1 is 1.35 bits per heavy atom. The second-order valence-corrected chi connectivity index (χ2v) is 8.95. The minimum absolute atomic E-state index is 0.0844. The van der Waals surface area contributed by atoms with Gasteiger partial charge in [0.15, 0.2) is 16.6 Å². The molecule has 0 saturated carbocycles. The largest absolute Gasteiger partial charge is 0.464 e. The molecule has 1 fully saturated rings. The lowest BCUT2D eigenvalue weighted by Gasteiger charge is -2.13. The predicted molar refractivity (Wildman–Crippen MR) is 117 cm³/mol. The van der Waals surface area contributed by atoms with Gasteiger partial charge in [-0.25, -0.2) is 9.78 Å². The van der Waals surface area contributed by atoms with Gasteiger partial charge in [0.05, 0.1) is 18.5 Å². The molecule has 1 aliphatic rings. The second kappa shape index (κ2) is 8.46. The first-order valence-corrected chi connectivity index (χ1v) is 10.8. The van der Waals surface area contributed by atoms with Crippen LogP contribution < -0.4 is 10.2 Å². The number of nitrogens with zero attached hydrogens (tertiary/aromatic N) is 3. The number of rotatable bonds is 6. The van der Waals surface area contributed by atoms with E-state index in [9.17, 15) is 14.4 Å². The number of methoxy groups -OCH3 is 1. The van der Waals surface area contributed by atoms with Crippen LogP contribution in [-0.4, -0.2) is 46.6 Å². The number of thiazole rings is 1. The Hall–Kier alpha value is -3.27. The molecule has 31 heavy (non-hydrogen) atoms. The Kier molecular flexibility index (Phi) is 5.73. The Morgan fingerprint density at radius 2 is 2.13 bits per heavy atom. The quantitative estimate of drug-likeness (QED) is 0.568. The number of carbonyl (C=O) groups is 3. The number of aromatic nitrogens is 3. The summed E-state index contributed by atoms with van der Waals surface area (Å²) in [5.74, 6) is -0.694. The van der Waals surface area contributed by atoms with Crippen molar-refractivity contribution in [2.45, 2.75) is 26.7 Å². The number of hydrogen-bond acceptors (Lipinski definition) is 7. The number of para-hydroxylation sites is 1. The van der Waals surface area contributed by atoms with E-state index in [1.165, 1.54) is 23.3 Å². The van der Waals surface area contributed by atoms with Crippen molar-refractivity contribution in [2.75, 3.05) is 23.9 Å². The topological polar surface area (TPSA) is 117 Å². The van der Waals surface area contributed by atoms with Crippen LogP contribution >= 0.6 is 11.3 Å². The highest BCUT2D eigenvalue weighted by atomic mass is 32.1. The maximum atomic E-state index is 12.9. The zero-order chi connectivity index (χ0) is 22.1. The number of benzene rings is 1. The summed E-state index contributed by atoms with van der Waals surface area (Å²) in [6.07, 6.45) is 0.737. The summed E-state index contributed by atoms with van der Waals surface area (Å²) in [5, 5.41) is 11.1. The van der Waals surface area contributed by atoms with Gasteiger partial charge < -0.3 is 10.1 Å². The van der Waals surface area contributed by atoms with Gasteiger partial charge in [0.25, 0.3) is 0 Å². The molecule has 162 valence electrons. The summed E-state index contributed by atoms with van der Waals surface area (Å²) in [7, 11) is 1.30.